The van der Waals surface area contributed by atoms with Gasteiger partial charge in [0.2, 0.25) is 0 Å². The summed E-state index contributed by atoms with van der Waals surface area (Å²) in [5.74, 6) is -2.66. The number of alkyl halides is 4. The summed E-state index contributed by atoms with van der Waals surface area (Å²) in [7, 11) is 1.03. The van der Waals surface area contributed by atoms with E-state index in [2.05, 4.69) is 14.5 Å². The van der Waals surface area contributed by atoms with Gasteiger partial charge < -0.3 is 14.6 Å². The van der Waals surface area contributed by atoms with E-state index < -0.39 is 36.9 Å². The molecule has 1 aromatic heterocycles. The SMILES string of the molecule is COc1c(OC(F)(F)F)cc(CF)nc1CC(=O)O. The van der Waals surface area contributed by atoms with Crippen LogP contribution in [-0.2, 0) is 17.9 Å². The van der Waals surface area contributed by atoms with Gasteiger partial charge in [-0.25, -0.2) is 4.39 Å². The monoisotopic (exact) mass is 283 g/mol. The fourth-order valence-corrected chi connectivity index (χ4v) is 1.37. The standard InChI is InChI=1S/C10H9F4NO4/c1-18-9-6(3-8(16)17)15-5(4-11)2-7(9)19-10(12,13)14/h2H,3-4H2,1H3,(H,16,17). The van der Waals surface area contributed by atoms with Gasteiger partial charge in [0.25, 0.3) is 0 Å². The number of methoxy groups -OCH3 is 1. The van der Waals surface area contributed by atoms with Crippen molar-refractivity contribution in [1.82, 2.24) is 4.98 Å². The molecule has 0 spiro atoms. The van der Waals surface area contributed by atoms with Crippen molar-refractivity contribution in [2.45, 2.75) is 19.5 Å². The van der Waals surface area contributed by atoms with E-state index in [0.29, 0.717) is 6.07 Å². The van der Waals surface area contributed by atoms with Gasteiger partial charge in [-0.3, -0.25) is 9.78 Å². The third kappa shape index (κ3) is 4.27. The first-order valence-electron chi connectivity index (χ1n) is 4.87. The zero-order valence-corrected chi connectivity index (χ0v) is 9.62. The second-order valence-corrected chi connectivity index (χ2v) is 3.34. The number of carboxylic acid groups (broad SMARTS) is 1. The summed E-state index contributed by atoms with van der Waals surface area (Å²) in [6.07, 6.45) is -5.73. The highest BCUT2D eigenvalue weighted by atomic mass is 19.4. The molecule has 0 aromatic carbocycles. The molecule has 0 aliphatic rings. The average Bonchev–Trinajstić information content (AvgIpc) is 2.25. The lowest BCUT2D eigenvalue weighted by Gasteiger charge is -2.15. The van der Waals surface area contributed by atoms with E-state index in [0.717, 1.165) is 7.11 Å². The molecular weight excluding hydrogens is 274 g/mol. The molecule has 0 bridgehead atoms. The lowest BCUT2D eigenvalue weighted by atomic mass is 10.2. The molecule has 1 N–H and O–H groups in total. The van der Waals surface area contributed by atoms with Crippen LogP contribution in [0.5, 0.6) is 11.5 Å². The zero-order chi connectivity index (χ0) is 14.6. The van der Waals surface area contributed by atoms with Crippen molar-refractivity contribution < 1.29 is 36.9 Å². The van der Waals surface area contributed by atoms with E-state index >= 15 is 0 Å². The Balaban J connectivity index is 3.30. The molecule has 5 nitrogen and oxygen atoms in total. The van der Waals surface area contributed by atoms with Crippen LogP contribution in [0.3, 0.4) is 0 Å². The number of halogens is 4. The normalized spacial score (nSPS) is 11.2. The number of aromatic nitrogens is 1. The van der Waals surface area contributed by atoms with Crippen LogP contribution in [0, 0.1) is 0 Å². The van der Waals surface area contributed by atoms with E-state index in [1.54, 1.807) is 0 Å². The van der Waals surface area contributed by atoms with Crippen LogP contribution >= 0.6 is 0 Å². The van der Waals surface area contributed by atoms with Crippen molar-refractivity contribution >= 4 is 5.97 Å². The van der Waals surface area contributed by atoms with Gasteiger partial charge >= 0.3 is 12.3 Å². The van der Waals surface area contributed by atoms with Gasteiger partial charge in [0, 0.05) is 6.07 Å². The molecule has 19 heavy (non-hydrogen) atoms. The first-order chi connectivity index (χ1) is 8.76. The first-order valence-corrected chi connectivity index (χ1v) is 4.87. The number of carbonyl (C=O) groups is 1. The number of hydrogen-bond acceptors (Lipinski definition) is 4. The Morgan fingerprint density at radius 2 is 2.11 bits per heavy atom. The minimum absolute atomic E-state index is 0.343. The zero-order valence-electron chi connectivity index (χ0n) is 9.62. The van der Waals surface area contributed by atoms with Crippen LogP contribution in [0.15, 0.2) is 6.07 Å². The molecule has 0 amide bonds. The van der Waals surface area contributed by atoms with Crippen LogP contribution < -0.4 is 9.47 Å². The largest absolute Gasteiger partial charge is 0.573 e. The first kappa shape index (κ1) is 15.0. The van der Waals surface area contributed by atoms with Crippen molar-refractivity contribution in [3.05, 3.63) is 17.5 Å². The highest BCUT2D eigenvalue weighted by Gasteiger charge is 2.33. The van der Waals surface area contributed by atoms with Crippen molar-refractivity contribution in [1.29, 1.82) is 0 Å². The number of hydrogen-bond donors (Lipinski definition) is 1. The molecule has 1 rings (SSSR count). The number of ether oxygens (including phenoxy) is 2. The van der Waals surface area contributed by atoms with Gasteiger partial charge in [-0.05, 0) is 0 Å². The molecule has 9 heteroatoms. The van der Waals surface area contributed by atoms with Gasteiger partial charge in [0.05, 0.1) is 24.9 Å². The summed E-state index contributed by atoms with van der Waals surface area (Å²) in [6, 6.07) is 0.706. The smallest absolute Gasteiger partial charge is 0.491 e. The van der Waals surface area contributed by atoms with Gasteiger partial charge in [0.1, 0.15) is 6.67 Å². The second-order valence-electron chi connectivity index (χ2n) is 3.34. The highest BCUT2D eigenvalue weighted by Crippen LogP contribution is 2.35. The highest BCUT2D eigenvalue weighted by molar-refractivity contribution is 5.71. The molecule has 0 aliphatic carbocycles. The molecule has 1 aromatic rings. The molecule has 0 unspecified atom stereocenters. The maximum atomic E-state index is 12.5. The third-order valence-corrected chi connectivity index (χ3v) is 1.95. The van der Waals surface area contributed by atoms with Crippen molar-refractivity contribution in [3.8, 4) is 11.5 Å². The minimum Gasteiger partial charge on any atom is -0.491 e. The molecule has 0 radical (unpaired) electrons. The summed E-state index contributed by atoms with van der Waals surface area (Å²) in [6.45, 7) is -1.16. The molecule has 106 valence electrons. The summed E-state index contributed by atoms with van der Waals surface area (Å²) in [5.41, 5.74) is -0.722. The Hall–Kier alpha value is -2.06. The lowest BCUT2D eigenvalue weighted by Crippen LogP contribution is -2.19. The fourth-order valence-electron chi connectivity index (χ4n) is 1.37. The predicted molar refractivity (Wildman–Crippen MR) is 53.6 cm³/mol. The van der Waals surface area contributed by atoms with E-state index in [1.807, 2.05) is 0 Å². The van der Waals surface area contributed by atoms with E-state index in [4.69, 9.17) is 5.11 Å². The third-order valence-electron chi connectivity index (χ3n) is 1.95. The van der Waals surface area contributed by atoms with E-state index in [9.17, 15) is 22.4 Å². The predicted octanol–water partition coefficient (Wildman–Crippen LogP) is 2.09. The fraction of sp³-hybridized carbons (Fsp3) is 0.400. The lowest BCUT2D eigenvalue weighted by molar-refractivity contribution is -0.275. The quantitative estimate of drug-likeness (QED) is 0.838. The summed E-state index contributed by atoms with van der Waals surface area (Å²) < 4.78 is 57.4. The van der Waals surface area contributed by atoms with Crippen LogP contribution in [-0.4, -0.2) is 29.5 Å². The van der Waals surface area contributed by atoms with Crippen LogP contribution in [0.25, 0.3) is 0 Å². The van der Waals surface area contributed by atoms with Crippen LogP contribution in [0.2, 0.25) is 0 Å². The second kappa shape index (κ2) is 5.72. The Morgan fingerprint density at radius 3 is 2.53 bits per heavy atom. The molecule has 0 saturated carbocycles. The number of rotatable bonds is 5. The van der Waals surface area contributed by atoms with E-state index in [1.165, 1.54) is 0 Å². The Kier molecular flexibility index (Phi) is 4.52. The molecule has 0 saturated heterocycles. The number of carboxylic acids is 1. The Labute approximate surface area is 104 Å². The van der Waals surface area contributed by atoms with Crippen molar-refractivity contribution in [2.75, 3.05) is 7.11 Å². The maximum absolute atomic E-state index is 12.5. The topological polar surface area (TPSA) is 68.7 Å². The van der Waals surface area contributed by atoms with Gasteiger partial charge in [0.15, 0.2) is 11.5 Å². The van der Waals surface area contributed by atoms with Crippen LogP contribution in [0.1, 0.15) is 11.4 Å². The van der Waals surface area contributed by atoms with Crippen molar-refractivity contribution in [2.24, 2.45) is 0 Å². The summed E-state index contributed by atoms with van der Waals surface area (Å²) in [4.78, 5) is 14.1. The number of aliphatic carboxylic acids is 1. The van der Waals surface area contributed by atoms with Crippen molar-refractivity contribution in [3.63, 3.8) is 0 Å². The molecule has 0 atom stereocenters. The van der Waals surface area contributed by atoms with Gasteiger partial charge in [-0.2, -0.15) is 0 Å². The van der Waals surface area contributed by atoms with Crippen LogP contribution in [0.4, 0.5) is 17.6 Å². The molecule has 0 aliphatic heterocycles. The van der Waals surface area contributed by atoms with E-state index in [-0.39, 0.29) is 11.4 Å². The minimum atomic E-state index is -5.01. The number of pyridine rings is 1. The van der Waals surface area contributed by atoms with Gasteiger partial charge in [-0.15, -0.1) is 13.2 Å². The van der Waals surface area contributed by atoms with Gasteiger partial charge in [-0.1, -0.05) is 0 Å². The Morgan fingerprint density at radius 1 is 1.47 bits per heavy atom. The average molecular weight is 283 g/mol. The summed E-state index contributed by atoms with van der Waals surface area (Å²) in [5, 5.41) is 8.62. The molecule has 0 fully saturated rings. The molecule has 1 heterocycles. The maximum Gasteiger partial charge on any atom is 0.573 e. The number of nitrogens with zero attached hydrogens (tertiary/aromatic N) is 1. The summed E-state index contributed by atoms with van der Waals surface area (Å²) >= 11 is 0. The Bertz CT molecular complexity index is 475. The molecular formula is C10H9F4NO4.